The van der Waals surface area contributed by atoms with Gasteiger partial charge in [0.1, 0.15) is 18.2 Å². The Kier molecular flexibility index (Phi) is 3.50. The van der Waals surface area contributed by atoms with Crippen LogP contribution in [0, 0.1) is 0 Å². The van der Waals surface area contributed by atoms with Crippen molar-refractivity contribution in [3.05, 3.63) is 35.9 Å². The molecule has 1 heterocycles. The third-order valence-electron chi connectivity index (χ3n) is 2.63. The van der Waals surface area contributed by atoms with E-state index in [1.165, 1.54) is 0 Å². The van der Waals surface area contributed by atoms with Crippen LogP contribution in [0.25, 0.3) is 0 Å². The van der Waals surface area contributed by atoms with Crippen LogP contribution in [-0.2, 0) is 13.7 Å². The highest BCUT2D eigenvalue weighted by molar-refractivity contribution is 5.51. The fourth-order valence-electron chi connectivity index (χ4n) is 1.77. The average molecular weight is 246 g/mol. The molecule has 1 aromatic heterocycles. The van der Waals surface area contributed by atoms with Crippen molar-refractivity contribution < 1.29 is 4.74 Å². The van der Waals surface area contributed by atoms with E-state index in [0.29, 0.717) is 29.8 Å². The molecule has 5 heteroatoms. The molecule has 2 rings (SSSR count). The molecule has 2 aromatic rings. The number of hydrogen-bond acceptors (Lipinski definition) is 4. The van der Waals surface area contributed by atoms with E-state index in [0.717, 1.165) is 5.82 Å². The fraction of sp³-hybridized carbons (Fsp3) is 0.385. The van der Waals surface area contributed by atoms with Crippen LogP contribution in [0.2, 0.25) is 0 Å². The highest BCUT2D eigenvalue weighted by Gasteiger charge is 2.11. The summed E-state index contributed by atoms with van der Waals surface area (Å²) in [5.74, 6) is 2.63. The van der Waals surface area contributed by atoms with Crippen molar-refractivity contribution in [2.45, 2.75) is 26.4 Å². The third kappa shape index (κ3) is 2.61. The number of aromatic nitrogens is 3. The Hall–Kier alpha value is -2.04. The Morgan fingerprint density at radius 1 is 1.33 bits per heavy atom. The Morgan fingerprint density at radius 3 is 2.67 bits per heavy atom. The van der Waals surface area contributed by atoms with E-state index in [-0.39, 0.29) is 0 Å². The first-order valence-corrected chi connectivity index (χ1v) is 5.95. The molecule has 0 saturated carbocycles. The number of benzene rings is 1. The van der Waals surface area contributed by atoms with Crippen LogP contribution in [0.3, 0.4) is 0 Å². The van der Waals surface area contributed by atoms with Gasteiger partial charge in [0.15, 0.2) is 5.82 Å². The molecule has 0 saturated heterocycles. The van der Waals surface area contributed by atoms with Crippen LogP contribution in [0.1, 0.15) is 31.4 Å². The van der Waals surface area contributed by atoms with Gasteiger partial charge in [-0.25, -0.2) is 4.98 Å². The predicted molar refractivity (Wildman–Crippen MR) is 70.3 cm³/mol. The summed E-state index contributed by atoms with van der Waals surface area (Å²) in [4.78, 5) is 4.44. The zero-order valence-electron chi connectivity index (χ0n) is 10.9. The topological polar surface area (TPSA) is 66.0 Å². The third-order valence-corrected chi connectivity index (χ3v) is 2.63. The normalized spacial score (nSPS) is 10.9. The first-order chi connectivity index (χ1) is 8.58. The molecular formula is C13H18N4O. The molecule has 96 valence electrons. The lowest BCUT2D eigenvalue weighted by molar-refractivity contribution is 0.297. The zero-order valence-corrected chi connectivity index (χ0v) is 10.9. The smallest absolute Gasteiger partial charge is 0.188 e. The van der Waals surface area contributed by atoms with Gasteiger partial charge in [0, 0.05) is 13.0 Å². The lowest BCUT2D eigenvalue weighted by atomic mass is 10.2. The van der Waals surface area contributed by atoms with Crippen molar-refractivity contribution in [1.29, 1.82) is 0 Å². The van der Waals surface area contributed by atoms with E-state index in [2.05, 4.69) is 23.9 Å². The quantitative estimate of drug-likeness (QED) is 0.839. The van der Waals surface area contributed by atoms with Crippen molar-refractivity contribution in [3.63, 3.8) is 0 Å². The number of anilines is 1. The lowest BCUT2D eigenvalue weighted by Gasteiger charge is -2.05. The summed E-state index contributed by atoms with van der Waals surface area (Å²) in [6, 6.07) is 7.40. The number of rotatable bonds is 4. The van der Waals surface area contributed by atoms with Crippen molar-refractivity contribution in [2.75, 3.05) is 5.73 Å². The van der Waals surface area contributed by atoms with Crippen molar-refractivity contribution in [2.24, 2.45) is 7.05 Å². The molecule has 0 aliphatic carbocycles. The molecule has 0 unspecified atom stereocenters. The molecule has 5 nitrogen and oxygen atoms in total. The number of aryl methyl sites for hydroxylation is 1. The maximum absolute atomic E-state index is 5.80. The van der Waals surface area contributed by atoms with Gasteiger partial charge in [0.25, 0.3) is 0 Å². The molecule has 0 spiro atoms. The van der Waals surface area contributed by atoms with Gasteiger partial charge in [0.05, 0.1) is 5.69 Å². The molecule has 2 N–H and O–H groups in total. The molecule has 0 aliphatic heterocycles. The van der Waals surface area contributed by atoms with E-state index in [1.807, 2.05) is 25.2 Å². The number of ether oxygens (including phenoxy) is 1. The highest BCUT2D eigenvalue weighted by atomic mass is 16.5. The Bertz CT molecular complexity index is 534. The zero-order chi connectivity index (χ0) is 13.1. The van der Waals surface area contributed by atoms with Gasteiger partial charge in [-0.05, 0) is 12.1 Å². The molecule has 0 bridgehead atoms. The number of nitrogens with zero attached hydrogens (tertiary/aromatic N) is 3. The maximum Gasteiger partial charge on any atom is 0.188 e. The number of hydrogen-bond donors (Lipinski definition) is 1. The van der Waals surface area contributed by atoms with Gasteiger partial charge < -0.3 is 10.5 Å². The fourth-order valence-corrected chi connectivity index (χ4v) is 1.77. The van der Waals surface area contributed by atoms with Gasteiger partial charge in [-0.1, -0.05) is 26.0 Å². The van der Waals surface area contributed by atoms with Crippen LogP contribution in [0.5, 0.6) is 5.75 Å². The van der Waals surface area contributed by atoms with Crippen molar-refractivity contribution >= 4 is 5.69 Å². The van der Waals surface area contributed by atoms with Gasteiger partial charge in [-0.2, -0.15) is 5.10 Å². The van der Waals surface area contributed by atoms with E-state index < -0.39 is 0 Å². The Labute approximate surface area is 107 Å². The van der Waals surface area contributed by atoms with Gasteiger partial charge in [0.2, 0.25) is 0 Å². The van der Waals surface area contributed by atoms with Crippen LogP contribution in [-0.4, -0.2) is 14.8 Å². The summed E-state index contributed by atoms with van der Waals surface area (Å²) in [6.45, 7) is 4.50. The molecule has 0 radical (unpaired) electrons. The van der Waals surface area contributed by atoms with Crippen molar-refractivity contribution in [1.82, 2.24) is 14.8 Å². The molecule has 1 aromatic carbocycles. The summed E-state index contributed by atoms with van der Waals surface area (Å²) >= 11 is 0. The van der Waals surface area contributed by atoms with Gasteiger partial charge >= 0.3 is 0 Å². The van der Waals surface area contributed by atoms with E-state index >= 15 is 0 Å². The minimum atomic E-state index is 0.328. The molecule has 0 aliphatic rings. The molecule has 0 amide bonds. The SMILES string of the molecule is CC(C)c1nc(COc2ccccc2N)nn1C. The minimum Gasteiger partial charge on any atom is -0.483 e. The van der Waals surface area contributed by atoms with Gasteiger partial charge in [-0.3, -0.25) is 4.68 Å². The maximum atomic E-state index is 5.80. The molecule has 0 atom stereocenters. The van der Waals surface area contributed by atoms with E-state index in [9.17, 15) is 0 Å². The van der Waals surface area contributed by atoms with Crippen LogP contribution in [0.15, 0.2) is 24.3 Å². The first-order valence-electron chi connectivity index (χ1n) is 5.95. The Morgan fingerprint density at radius 2 is 2.06 bits per heavy atom. The largest absolute Gasteiger partial charge is 0.483 e. The molecule has 18 heavy (non-hydrogen) atoms. The monoisotopic (exact) mass is 246 g/mol. The minimum absolute atomic E-state index is 0.328. The second-order valence-corrected chi connectivity index (χ2v) is 4.49. The molecule has 0 fully saturated rings. The van der Waals surface area contributed by atoms with Crippen LogP contribution >= 0.6 is 0 Å². The summed E-state index contributed by atoms with van der Waals surface area (Å²) in [5, 5.41) is 4.32. The second-order valence-electron chi connectivity index (χ2n) is 4.49. The van der Waals surface area contributed by atoms with Crippen LogP contribution < -0.4 is 10.5 Å². The lowest BCUT2D eigenvalue weighted by Crippen LogP contribution is -2.01. The summed E-state index contributed by atoms with van der Waals surface area (Å²) in [6.07, 6.45) is 0. The van der Waals surface area contributed by atoms with Crippen LogP contribution in [0.4, 0.5) is 5.69 Å². The number of para-hydroxylation sites is 2. The van der Waals surface area contributed by atoms with E-state index in [4.69, 9.17) is 10.5 Å². The number of nitrogen functional groups attached to an aromatic ring is 1. The second kappa shape index (κ2) is 5.08. The molecular weight excluding hydrogens is 228 g/mol. The summed E-state index contributed by atoms with van der Waals surface area (Å²) in [5.41, 5.74) is 6.42. The van der Waals surface area contributed by atoms with Gasteiger partial charge in [-0.15, -0.1) is 0 Å². The summed E-state index contributed by atoms with van der Waals surface area (Å²) < 4.78 is 7.40. The van der Waals surface area contributed by atoms with Crippen molar-refractivity contribution in [3.8, 4) is 5.75 Å². The Balaban J connectivity index is 2.07. The predicted octanol–water partition coefficient (Wildman–Crippen LogP) is 2.10. The average Bonchev–Trinajstić information content (AvgIpc) is 2.70. The highest BCUT2D eigenvalue weighted by Crippen LogP contribution is 2.20. The number of nitrogens with two attached hydrogens (primary N) is 1. The van der Waals surface area contributed by atoms with E-state index in [1.54, 1.807) is 10.7 Å². The standard InChI is InChI=1S/C13H18N4O/c1-9(2)13-15-12(16-17(13)3)8-18-11-7-5-4-6-10(11)14/h4-7,9H,8,14H2,1-3H3. The first kappa shape index (κ1) is 12.4. The summed E-state index contributed by atoms with van der Waals surface area (Å²) in [7, 11) is 1.89.